The Bertz CT molecular complexity index is 359. The van der Waals surface area contributed by atoms with Crippen molar-refractivity contribution in [2.24, 2.45) is 5.73 Å². The number of likely N-dealkylation sites (tertiary alicyclic amines) is 1. The van der Waals surface area contributed by atoms with Crippen LogP contribution < -0.4 is 5.73 Å². The summed E-state index contributed by atoms with van der Waals surface area (Å²) in [5.74, 6) is 0. The quantitative estimate of drug-likeness (QED) is 0.924. The lowest BCUT2D eigenvalue weighted by molar-refractivity contribution is 0.251. The molecule has 1 unspecified atom stereocenters. The number of halogens is 1. The predicted octanol–water partition coefficient (Wildman–Crippen LogP) is 2.85. The fourth-order valence-corrected chi connectivity index (χ4v) is 2.67. The monoisotopic (exact) mass is 282 g/mol. The van der Waals surface area contributed by atoms with Crippen LogP contribution in [0.4, 0.5) is 0 Å². The molecule has 1 aliphatic heterocycles. The molecule has 0 saturated carbocycles. The van der Waals surface area contributed by atoms with Crippen molar-refractivity contribution in [1.29, 1.82) is 0 Å². The Balaban J connectivity index is 2.22. The summed E-state index contributed by atoms with van der Waals surface area (Å²) in [7, 11) is 0. The molecule has 1 fully saturated rings. The molecular formula is C13H19BrN2. The third-order valence-corrected chi connectivity index (χ3v) is 4.26. The molecule has 1 aliphatic rings. The highest BCUT2D eigenvalue weighted by Crippen LogP contribution is 2.27. The van der Waals surface area contributed by atoms with E-state index in [1.165, 1.54) is 41.5 Å². The van der Waals surface area contributed by atoms with Crippen molar-refractivity contribution in [1.82, 2.24) is 4.90 Å². The van der Waals surface area contributed by atoms with Gasteiger partial charge in [-0.2, -0.15) is 0 Å². The molecule has 3 heteroatoms. The Labute approximate surface area is 106 Å². The molecule has 2 rings (SSSR count). The van der Waals surface area contributed by atoms with Crippen LogP contribution in [0.3, 0.4) is 0 Å². The Morgan fingerprint density at radius 3 is 2.62 bits per heavy atom. The molecule has 1 aromatic rings. The molecule has 0 spiro atoms. The molecule has 2 nitrogen and oxygen atoms in total. The summed E-state index contributed by atoms with van der Waals surface area (Å²) in [5.41, 5.74) is 8.56. The molecule has 1 aromatic carbocycles. The molecule has 2 N–H and O–H groups in total. The number of nitrogens with two attached hydrogens (primary N) is 1. The maximum absolute atomic E-state index is 5.92. The third-order valence-electron chi connectivity index (χ3n) is 3.37. The summed E-state index contributed by atoms with van der Waals surface area (Å²) in [5, 5.41) is 0. The molecule has 1 atom stereocenters. The van der Waals surface area contributed by atoms with Crippen LogP contribution in [0.1, 0.15) is 30.0 Å². The zero-order valence-corrected chi connectivity index (χ0v) is 11.3. The van der Waals surface area contributed by atoms with Crippen LogP contribution in [-0.4, -0.2) is 24.5 Å². The van der Waals surface area contributed by atoms with Crippen LogP contribution in [0.25, 0.3) is 0 Å². The Morgan fingerprint density at radius 1 is 1.38 bits per heavy atom. The molecular weight excluding hydrogens is 264 g/mol. The van der Waals surface area contributed by atoms with E-state index in [1.54, 1.807) is 0 Å². The predicted molar refractivity (Wildman–Crippen MR) is 71.5 cm³/mol. The van der Waals surface area contributed by atoms with E-state index in [2.05, 4.69) is 46.0 Å². The van der Waals surface area contributed by atoms with Crippen molar-refractivity contribution in [3.63, 3.8) is 0 Å². The summed E-state index contributed by atoms with van der Waals surface area (Å²) in [6.45, 7) is 5.22. The minimum absolute atomic E-state index is 0.397. The first-order valence-corrected chi connectivity index (χ1v) is 6.72. The zero-order valence-electron chi connectivity index (χ0n) is 9.75. The van der Waals surface area contributed by atoms with E-state index < -0.39 is 0 Å². The minimum atomic E-state index is 0.397. The maximum atomic E-state index is 5.92. The number of rotatable bonds is 3. The molecule has 0 amide bonds. The molecule has 1 heterocycles. The Kier molecular flexibility index (Phi) is 4.00. The van der Waals surface area contributed by atoms with E-state index in [0.717, 1.165) is 0 Å². The lowest BCUT2D eigenvalue weighted by Crippen LogP contribution is -2.31. The summed E-state index contributed by atoms with van der Waals surface area (Å²) in [6.07, 6.45) is 2.62. The number of hydrogen-bond acceptors (Lipinski definition) is 2. The van der Waals surface area contributed by atoms with Crippen molar-refractivity contribution >= 4 is 15.9 Å². The molecule has 0 aromatic heterocycles. The highest BCUT2D eigenvalue weighted by atomic mass is 79.9. The molecule has 1 saturated heterocycles. The first-order valence-electron chi connectivity index (χ1n) is 5.92. The van der Waals surface area contributed by atoms with Crippen LogP contribution in [-0.2, 0) is 0 Å². The van der Waals surface area contributed by atoms with Gasteiger partial charge in [-0.05, 0) is 50.0 Å². The van der Waals surface area contributed by atoms with Crippen molar-refractivity contribution in [2.45, 2.75) is 25.8 Å². The Hall–Kier alpha value is -0.380. The zero-order chi connectivity index (χ0) is 11.5. The second-order valence-corrected chi connectivity index (χ2v) is 5.36. The lowest BCUT2D eigenvalue weighted by Gasteiger charge is -2.27. The van der Waals surface area contributed by atoms with Gasteiger partial charge < -0.3 is 5.73 Å². The van der Waals surface area contributed by atoms with E-state index in [-0.39, 0.29) is 0 Å². The summed E-state index contributed by atoms with van der Waals surface area (Å²) in [6, 6.07) is 6.96. The average molecular weight is 283 g/mol. The van der Waals surface area contributed by atoms with Crippen molar-refractivity contribution < 1.29 is 0 Å². The number of hydrogen-bond donors (Lipinski definition) is 1. The SMILES string of the molecule is Cc1cc(C(CN)N2CCCC2)ccc1Br. The van der Waals surface area contributed by atoms with Gasteiger partial charge in [0.2, 0.25) is 0 Å². The second-order valence-electron chi connectivity index (χ2n) is 4.50. The van der Waals surface area contributed by atoms with Gasteiger partial charge >= 0.3 is 0 Å². The van der Waals surface area contributed by atoms with Crippen LogP contribution in [0.5, 0.6) is 0 Å². The number of benzene rings is 1. The van der Waals surface area contributed by atoms with E-state index in [4.69, 9.17) is 5.73 Å². The molecule has 16 heavy (non-hydrogen) atoms. The van der Waals surface area contributed by atoms with Gasteiger partial charge in [0, 0.05) is 17.1 Å². The van der Waals surface area contributed by atoms with Gasteiger partial charge in [-0.25, -0.2) is 0 Å². The molecule has 0 bridgehead atoms. The largest absolute Gasteiger partial charge is 0.329 e. The van der Waals surface area contributed by atoms with E-state index in [1.807, 2.05) is 0 Å². The summed E-state index contributed by atoms with van der Waals surface area (Å²) < 4.78 is 1.17. The highest BCUT2D eigenvalue weighted by Gasteiger charge is 2.22. The number of nitrogens with zero attached hydrogens (tertiary/aromatic N) is 1. The van der Waals surface area contributed by atoms with E-state index in [0.29, 0.717) is 12.6 Å². The first kappa shape index (κ1) is 12.1. The van der Waals surface area contributed by atoms with Gasteiger partial charge in [-0.3, -0.25) is 4.90 Å². The highest BCUT2D eigenvalue weighted by molar-refractivity contribution is 9.10. The van der Waals surface area contributed by atoms with Gasteiger partial charge in [-0.1, -0.05) is 28.1 Å². The van der Waals surface area contributed by atoms with E-state index >= 15 is 0 Å². The molecule has 88 valence electrons. The lowest BCUT2D eigenvalue weighted by atomic mass is 10.0. The minimum Gasteiger partial charge on any atom is -0.329 e. The van der Waals surface area contributed by atoms with Crippen molar-refractivity contribution in [3.8, 4) is 0 Å². The summed E-state index contributed by atoms with van der Waals surface area (Å²) >= 11 is 3.54. The molecule has 0 aliphatic carbocycles. The van der Waals surface area contributed by atoms with Gasteiger partial charge in [-0.15, -0.1) is 0 Å². The fourth-order valence-electron chi connectivity index (χ4n) is 2.42. The average Bonchev–Trinajstić information content (AvgIpc) is 2.78. The second kappa shape index (κ2) is 5.30. The molecule has 0 radical (unpaired) electrons. The smallest absolute Gasteiger partial charge is 0.0470 e. The standard InChI is InChI=1S/C13H19BrN2/c1-10-8-11(4-5-12(10)14)13(9-15)16-6-2-3-7-16/h4-5,8,13H,2-3,6-7,9,15H2,1H3. The van der Waals surface area contributed by atoms with Crippen LogP contribution in [0.15, 0.2) is 22.7 Å². The topological polar surface area (TPSA) is 29.3 Å². The first-order chi connectivity index (χ1) is 7.72. The summed E-state index contributed by atoms with van der Waals surface area (Å²) in [4.78, 5) is 2.50. The van der Waals surface area contributed by atoms with Gasteiger partial charge in [0.15, 0.2) is 0 Å². The normalized spacial score (nSPS) is 18.9. The van der Waals surface area contributed by atoms with Gasteiger partial charge in [0.25, 0.3) is 0 Å². The van der Waals surface area contributed by atoms with Crippen LogP contribution in [0, 0.1) is 6.92 Å². The third kappa shape index (κ3) is 2.47. The maximum Gasteiger partial charge on any atom is 0.0470 e. The van der Waals surface area contributed by atoms with Gasteiger partial charge in [0.1, 0.15) is 0 Å². The van der Waals surface area contributed by atoms with Crippen molar-refractivity contribution in [3.05, 3.63) is 33.8 Å². The van der Waals surface area contributed by atoms with Gasteiger partial charge in [0.05, 0.1) is 0 Å². The number of aryl methyl sites for hydroxylation is 1. The van der Waals surface area contributed by atoms with Crippen LogP contribution >= 0.6 is 15.9 Å². The van der Waals surface area contributed by atoms with Crippen molar-refractivity contribution in [2.75, 3.05) is 19.6 Å². The van der Waals surface area contributed by atoms with E-state index in [9.17, 15) is 0 Å². The fraction of sp³-hybridized carbons (Fsp3) is 0.538. The Morgan fingerprint density at radius 2 is 2.06 bits per heavy atom. The van der Waals surface area contributed by atoms with Crippen LogP contribution in [0.2, 0.25) is 0 Å².